The normalized spacial score (nSPS) is 10.6. The summed E-state index contributed by atoms with van der Waals surface area (Å²) in [5.74, 6) is 0.689. The molecular formula is C11H14O2. The van der Waals surface area contributed by atoms with E-state index >= 15 is 0 Å². The summed E-state index contributed by atoms with van der Waals surface area (Å²) < 4.78 is 4.98. The molecule has 0 aromatic heterocycles. The van der Waals surface area contributed by atoms with E-state index < -0.39 is 0 Å². The van der Waals surface area contributed by atoms with Crippen LogP contribution in [-0.2, 0) is 0 Å². The highest BCUT2D eigenvalue weighted by Crippen LogP contribution is 2.26. The zero-order chi connectivity index (χ0) is 9.68. The van der Waals surface area contributed by atoms with Gasteiger partial charge in [-0.1, -0.05) is 25.1 Å². The lowest BCUT2D eigenvalue weighted by Gasteiger charge is -2.03. The number of phenolic OH excluding ortho intramolecular Hbond substituents is 1. The van der Waals surface area contributed by atoms with Crippen LogP contribution in [0, 0.1) is 0 Å². The fraction of sp³-hybridized carbons (Fsp3) is 0.273. The minimum atomic E-state index is 0.177. The van der Waals surface area contributed by atoms with Crippen LogP contribution in [-0.4, -0.2) is 12.2 Å². The number of hydrogen-bond donors (Lipinski definition) is 1. The number of hydrogen-bond acceptors (Lipinski definition) is 2. The van der Waals surface area contributed by atoms with E-state index in [1.807, 2.05) is 18.2 Å². The van der Waals surface area contributed by atoms with E-state index in [9.17, 15) is 5.11 Å². The third-order valence-corrected chi connectivity index (χ3v) is 1.75. The van der Waals surface area contributed by atoms with E-state index in [2.05, 4.69) is 13.0 Å². The first kappa shape index (κ1) is 9.65. The molecule has 2 heteroatoms. The first-order valence-electron chi connectivity index (χ1n) is 4.31. The predicted molar refractivity (Wildman–Crippen MR) is 54.0 cm³/mol. The van der Waals surface area contributed by atoms with Gasteiger partial charge in [-0.05, 0) is 24.1 Å². The Morgan fingerprint density at radius 3 is 2.85 bits per heavy atom. The summed E-state index contributed by atoms with van der Waals surface area (Å²) in [7, 11) is 1.54. The topological polar surface area (TPSA) is 29.5 Å². The molecule has 0 aliphatic heterocycles. The lowest BCUT2D eigenvalue weighted by atomic mass is 10.2. The summed E-state index contributed by atoms with van der Waals surface area (Å²) >= 11 is 0. The highest BCUT2D eigenvalue weighted by molar-refractivity contribution is 5.55. The maximum absolute atomic E-state index is 9.31. The maximum atomic E-state index is 9.31. The lowest BCUT2D eigenvalue weighted by molar-refractivity contribution is 0.373. The smallest absolute Gasteiger partial charge is 0.161 e. The third kappa shape index (κ3) is 2.51. The first-order chi connectivity index (χ1) is 6.27. The SMILES string of the molecule is CC/C=C\c1ccc(O)c(OC)c1. The molecule has 0 radical (unpaired) electrons. The van der Waals surface area contributed by atoms with Gasteiger partial charge < -0.3 is 9.84 Å². The van der Waals surface area contributed by atoms with Gasteiger partial charge in [-0.2, -0.15) is 0 Å². The van der Waals surface area contributed by atoms with Crippen molar-refractivity contribution in [2.24, 2.45) is 0 Å². The van der Waals surface area contributed by atoms with Crippen molar-refractivity contribution in [2.45, 2.75) is 13.3 Å². The Kier molecular flexibility index (Phi) is 3.38. The molecule has 70 valence electrons. The minimum absolute atomic E-state index is 0.177. The molecule has 0 saturated carbocycles. The van der Waals surface area contributed by atoms with Crippen molar-refractivity contribution in [1.82, 2.24) is 0 Å². The summed E-state index contributed by atoms with van der Waals surface area (Å²) in [6, 6.07) is 5.29. The molecular weight excluding hydrogens is 164 g/mol. The number of allylic oxidation sites excluding steroid dienone is 1. The molecule has 0 bridgehead atoms. The van der Waals surface area contributed by atoms with Crippen LogP contribution in [0.1, 0.15) is 18.9 Å². The monoisotopic (exact) mass is 178 g/mol. The highest BCUT2D eigenvalue weighted by Gasteiger charge is 1.99. The fourth-order valence-electron chi connectivity index (χ4n) is 1.05. The molecule has 0 aliphatic carbocycles. The molecule has 0 amide bonds. The molecule has 0 aliphatic rings. The van der Waals surface area contributed by atoms with E-state index in [1.54, 1.807) is 13.2 Å². The van der Waals surface area contributed by atoms with E-state index in [1.165, 1.54) is 0 Å². The second-order valence-electron chi connectivity index (χ2n) is 2.74. The predicted octanol–water partition coefficient (Wildman–Crippen LogP) is 2.82. The Bertz CT molecular complexity index is 303. The van der Waals surface area contributed by atoms with Crippen LogP contribution in [0.5, 0.6) is 11.5 Å². The molecule has 1 aromatic carbocycles. The van der Waals surface area contributed by atoms with Gasteiger partial charge in [0.2, 0.25) is 0 Å². The van der Waals surface area contributed by atoms with Crippen LogP contribution in [0.4, 0.5) is 0 Å². The van der Waals surface area contributed by atoms with Gasteiger partial charge in [0.05, 0.1) is 7.11 Å². The molecule has 1 N–H and O–H groups in total. The van der Waals surface area contributed by atoms with Crippen LogP contribution in [0.3, 0.4) is 0 Å². The number of aromatic hydroxyl groups is 1. The quantitative estimate of drug-likeness (QED) is 0.771. The summed E-state index contributed by atoms with van der Waals surface area (Å²) in [5, 5.41) is 9.31. The summed E-state index contributed by atoms with van der Waals surface area (Å²) in [6.07, 6.45) is 5.07. The van der Waals surface area contributed by atoms with Gasteiger partial charge in [-0.15, -0.1) is 0 Å². The Morgan fingerprint density at radius 1 is 1.46 bits per heavy atom. The van der Waals surface area contributed by atoms with Gasteiger partial charge in [0, 0.05) is 0 Å². The molecule has 1 rings (SSSR count). The second-order valence-corrected chi connectivity index (χ2v) is 2.74. The van der Waals surface area contributed by atoms with E-state index in [0.717, 1.165) is 12.0 Å². The van der Waals surface area contributed by atoms with Crippen molar-refractivity contribution in [3.05, 3.63) is 29.8 Å². The van der Waals surface area contributed by atoms with Gasteiger partial charge >= 0.3 is 0 Å². The molecule has 0 unspecified atom stereocenters. The molecule has 2 nitrogen and oxygen atoms in total. The van der Waals surface area contributed by atoms with Crippen molar-refractivity contribution in [1.29, 1.82) is 0 Å². The van der Waals surface area contributed by atoms with Gasteiger partial charge in [-0.3, -0.25) is 0 Å². The Labute approximate surface area is 78.5 Å². The van der Waals surface area contributed by atoms with Gasteiger partial charge in [0.15, 0.2) is 11.5 Å². The van der Waals surface area contributed by atoms with Gasteiger partial charge in [0.25, 0.3) is 0 Å². The van der Waals surface area contributed by atoms with Crippen LogP contribution in [0.2, 0.25) is 0 Å². The highest BCUT2D eigenvalue weighted by atomic mass is 16.5. The molecule has 13 heavy (non-hydrogen) atoms. The van der Waals surface area contributed by atoms with Gasteiger partial charge in [-0.25, -0.2) is 0 Å². The molecule has 1 aromatic rings. The Morgan fingerprint density at radius 2 is 2.23 bits per heavy atom. The number of rotatable bonds is 3. The van der Waals surface area contributed by atoms with E-state index in [-0.39, 0.29) is 5.75 Å². The molecule has 0 heterocycles. The average Bonchev–Trinajstić information content (AvgIpc) is 2.16. The maximum Gasteiger partial charge on any atom is 0.161 e. The number of ether oxygens (including phenoxy) is 1. The van der Waals surface area contributed by atoms with Crippen molar-refractivity contribution >= 4 is 6.08 Å². The number of methoxy groups -OCH3 is 1. The van der Waals surface area contributed by atoms with Crippen molar-refractivity contribution < 1.29 is 9.84 Å². The first-order valence-corrected chi connectivity index (χ1v) is 4.31. The van der Waals surface area contributed by atoms with E-state index in [0.29, 0.717) is 5.75 Å². The molecule has 0 atom stereocenters. The van der Waals surface area contributed by atoms with E-state index in [4.69, 9.17) is 4.74 Å². The van der Waals surface area contributed by atoms with Crippen molar-refractivity contribution in [2.75, 3.05) is 7.11 Å². The zero-order valence-electron chi connectivity index (χ0n) is 7.95. The number of phenols is 1. The lowest BCUT2D eigenvalue weighted by Crippen LogP contribution is -1.83. The Balaban J connectivity index is 2.92. The van der Waals surface area contributed by atoms with Crippen LogP contribution < -0.4 is 4.74 Å². The van der Waals surface area contributed by atoms with Crippen LogP contribution in [0.25, 0.3) is 6.08 Å². The average molecular weight is 178 g/mol. The second kappa shape index (κ2) is 4.55. The fourth-order valence-corrected chi connectivity index (χ4v) is 1.05. The van der Waals surface area contributed by atoms with Crippen LogP contribution in [0.15, 0.2) is 24.3 Å². The molecule has 0 spiro atoms. The third-order valence-electron chi connectivity index (χ3n) is 1.75. The van der Waals surface area contributed by atoms with Crippen molar-refractivity contribution in [3.63, 3.8) is 0 Å². The Hall–Kier alpha value is -1.44. The van der Waals surface area contributed by atoms with Gasteiger partial charge in [0.1, 0.15) is 0 Å². The molecule has 0 fully saturated rings. The standard InChI is InChI=1S/C11H14O2/c1-3-4-5-9-6-7-10(12)11(8-9)13-2/h4-8,12H,3H2,1-2H3/b5-4-. The van der Waals surface area contributed by atoms with Crippen molar-refractivity contribution in [3.8, 4) is 11.5 Å². The largest absolute Gasteiger partial charge is 0.504 e. The minimum Gasteiger partial charge on any atom is -0.504 e. The summed E-state index contributed by atoms with van der Waals surface area (Å²) in [4.78, 5) is 0. The summed E-state index contributed by atoms with van der Waals surface area (Å²) in [6.45, 7) is 2.08. The summed E-state index contributed by atoms with van der Waals surface area (Å²) in [5.41, 5.74) is 1.04. The van der Waals surface area contributed by atoms with Crippen LogP contribution >= 0.6 is 0 Å². The zero-order valence-corrected chi connectivity index (χ0v) is 7.95. The number of benzene rings is 1. The molecule has 0 saturated heterocycles.